The fourth-order valence-corrected chi connectivity index (χ4v) is 2.06. The molecule has 0 radical (unpaired) electrons. The third-order valence-electron chi connectivity index (χ3n) is 1.90. The number of carbonyl (C=O) groups is 1. The molecule has 1 amide bonds. The molecule has 0 spiro atoms. The average Bonchev–Trinajstić information content (AvgIpc) is 2.70. The number of primary amides is 1. The highest BCUT2D eigenvalue weighted by atomic mass is 32.1. The Morgan fingerprint density at radius 2 is 2.43 bits per heavy atom. The van der Waals surface area contributed by atoms with Crippen LogP contribution in [0.3, 0.4) is 0 Å². The number of rotatable bonds is 2. The van der Waals surface area contributed by atoms with E-state index in [1.165, 1.54) is 11.3 Å². The number of hydrogen-bond acceptors (Lipinski definition) is 3. The molecule has 0 saturated carbocycles. The maximum absolute atomic E-state index is 11.1. The summed E-state index contributed by atoms with van der Waals surface area (Å²) in [7, 11) is 1.83. The number of amides is 1. The van der Waals surface area contributed by atoms with Gasteiger partial charge in [0.1, 0.15) is 0 Å². The van der Waals surface area contributed by atoms with Crippen molar-refractivity contribution in [2.45, 2.75) is 0 Å². The van der Waals surface area contributed by atoms with E-state index in [0.717, 1.165) is 11.1 Å². The minimum absolute atomic E-state index is 0.390. The monoisotopic (exact) mass is 207 g/mol. The fourth-order valence-electron chi connectivity index (χ4n) is 1.29. The third-order valence-corrected chi connectivity index (χ3v) is 2.83. The summed E-state index contributed by atoms with van der Waals surface area (Å²) in [4.78, 5) is 11.6. The van der Waals surface area contributed by atoms with Crippen molar-refractivity contribution in [3.8, 4) is 11.1 Å². The molecule has 2 N–H and O–H groups in total. The number of nitrogens with two attached hydrogens (primary N) is 1. The molecular formula is C9H9N3OS. The van der Waals surface area contributed by atoms with Gasteiger partial charge in [-0.05, 0) is 11.4 Å². The van der Waals surface area contributed by atoms with Crippen LogP contribution in [-0.4, -0.2) is 15.7 Å². The largest absolute Gasteiger partial charge is 0.365 e. The minimum Gasteiger partial charge on any atom is -0.365 e. The second-order valence-electron chi connectivity index (χ2n) is 2.93. The lowest BCUT2D eigenvalue weighted by Gasteiger charge is -1.95. The number of nitrogens with zero attached hydrogens (tertiary/aromatic N) is 2. The topological polar surface area (TPSA) is 60.9 Å². The summed E-state index contributed by atoms with van der Waals surface area (Å²) in [5.74, 6) is -0.390. The molecule has 2 aromatic heterocycles. The molecule has 0 fully saturated rings. The van der Waals surface area contributed by atoms with Crippen LogP contribution in [0.5, 0.6) is 0 Å². The van der Waals surface area contributed by atoms with Crippen molar-refractivity contribution in [2.24, 2.45) is 12.8 Å². The molecule has 2 rings (SSSR count). The van der Waals surface area contributed by atoms with E-state index in [0.29, 0.717) is 4.88 Å². The summed E-state index contributed by atoms with van der Waals surface area (Å²) in [5.41, 5.74) is 7.02. The molecule has 2 aromatic rings. The van der Waals surface area contributed by atoms with Gasteiger partial charge in [-0.3, -0.25) is 9.48 Å². The van der Waals surface area contributed by atoms with Crippen LogP contribution in [0, 0.1) is 0 Å². The summed E-state index contributed by atoms with van der Waals surface area (Å²) in [6.07, 6.45) is 3.57. The maximum atomic E-state index is 11.1. The van der Waals surface area contributed by atoms with Crippen molar-refractivity contribution in [1.29, 1.82) is 0 Å². The van der Waals surface area contributed by atoms with E-state index in [1.807, 2.05) is 24.7 Å². The van der Waals surface area contributed by atoms with Crippen LogP contribution in [-0.2, 0) is 7.05 Å². The normalized spacial score (nSPS) is 10.4. The molecule has 2 heterocycles. The van der Waals surface area contributed by atoms with Crippen molar-refractivity contribution in [2.75, 3.05) is 0 Å². The molecule has 0 aliphatic carbocycles. The molecule has 14 heavy (non-hydrogen) atoms. The lowest BCUT2D eigenvalue weighted by atomic mass is 10.1. The minimum atomic E-state index is -0.390. The lowest BCUT2D eigenvalue weighted by molar-refractivity contribution is 0.100. The standard InChI is InChI=1S/C9H9N3OS/c1-12-5-6(4-11-12)7-2-3-14-8(7)9(10)13/h2-5H,1H3,(H2,10,13). The van der Waals surface area contributed by atoms with Gasteiger partial charge >= 0.3 is 0 Å². The van der Waals surface area contributed by atoms with Gasteiger partial charge in [0.25, 0.3) is 5.91 Å². The van der Waals surface area contributed by atoms with Gasteiger partial charge < -0.3 is 5.73 Å². The van der Waals surface area contributed by atoms with Crippen LogP contribution in [0.4, 0.5) is 0 Å². The Kier molecular flexibility index (Phi) is 2.09. The fraction of sp³-hybridized carbons (Fsp3) is 0.111. The number of aromatic nitrogens is 2. The molecule has 0 bridgehead atoms. The second-order valence-corrected chi connectivity index (χ2v) is 3.85. The van der Waals surface area contributed by atoms with Crippen molar-refractivity contribution >= 4 is 17.2 Å². The van der Waals surface area contributed by atoms with Crippen LogP contribution in [0.15, 0.2) is 23.8 Å². The van der Waals surface area contributed by atoms with E-state index in [4.69, 9.17) is 5.73 Å². The van der Waals surface area contributed by atoms with Crippen molar-refractivity contribution in [1.82, 2.24) is 9.78 Å². The van der Waals surface area contributed by atoms with Crippen LogP contribution in [0.1, 0.15) is 9.67 Å². The van der Waals surface area contributed by atoms with Gasteiger partial charge in [0.05, 0.1) is 11.1 Å². The van der Waals surface area contributed by atoms with Crippen LogP contribution in [0.25, 0.3) is 11.1 Å². The number of hydrogen-bond donors (Lipinski definition) is 1. The highest BCUT2D eigenvalue weighted by Gasteiger charge is 2.12. The van der Waals surface area contributed by atoms with Gasteiger partial charge in [0.15, 0.2) is 0 Å². The number of thiophene rings is 1. The molecule has 72 valence electrons. The van der Waals surface area contributed by atoms with E-state index in [1.54, 1.807) is 10.9 Å². The van der Waals surface area contributed by atoms with E-state index in [9.17, 15) is 4.79 Å². The molecule has 0 saturated heterocycles. The zero-order chi connectivity index (χ0) is 10.1. The van der Waals surface area contributed by atoms with Crippen LogP contribution in [0.2, 0.25) is 0 Å². The summed E-state index contributed by atoms with van der Waals surface area (Å²) < 4.78 is 1.69. The van der Waals surface area contributed by atoms with Gasteiger partial charge in [-0.1, -0.05) is 0 Å². The van der Waals surface area contributed by atoms with Crippen LogP contribution >= 0.6 is 11.3 Å². The molecular weight excluding hydrogens is 198 g/mol. The van der Waals surface area contributed by atoms with Gasteiger partial charge in [0, 0.05) is 24.4 Å². The van der Waals surface area contributed by atoms with Crippen molar-refractivity contribution < 1.29 is 4.79 Å². The Morgan fingerprint density at radius 3 is 3.00 bits per heavy atom. The van der Waals surface area contributed by atoms with Gasteiger partial charge in [-0.15, -0.1) is 11.3 Å². The Bertz CT molecular complexity index is 472. The van der Waals surface area contributed by atoms with E-state index >= 15 is 0 Å². The van der Waals surface area contributed by atoms with Crippen molar-refractivity contribution in [3.05, 3.63) is 28.7 Å². The first-order valence-corrected chi connectivity index (χ1v) is 4.93. The Labute approximate surface area is 85.0 Å². The first-order valence-electron chi connectivity index (χ1n) is 4.05. The summed E-state index contributed by atoms with van der Waals surface area (Å²) in [5, 5.41) is 5.89. The lowest BCUT2D eigenvalue weighted by Crippen LogP contribution is -2.09. The quantitative estimate of drug-likeness (QED) is 0.805. The predicted molar refractivity (Wildman–Crippen MR) is 55.0 cm³/mol. The van der Waals surface area contributed by atoms with Gasteiger partial charge in [0.2, 0.25) is 0 Å². The first kappa shape index (κ1) is 8.96. The molecule has 4 nitrogen and oxygen atoms in total. The highest BCUT2D eigenvalue weighted by Crippen LogP contribution is 2.27. The SMILES string of the molecule is Cn1cc(-c2ccsc2C(N)=O)cn1. The average molecular weight is 207 g/mol. The summed E-state index contributed by atoms with van der Waals surface area (Å²) >= 11 is 1.35. The summed E-state index contributed by atoms with van der Waals surface area (Å²) in [6, 6.07) is 1.88. The molecule has 0 aliphatic heterocycles. The molecule has 0 atom stereocenters. The van der Waals surface area contributed by atoms with E-state index < -0.39 is 0 Å². The van der Waals surface area contributed by atoms with E-state index in [2.05, 4.69) is 5.10 Å². The Morgan fingerprint density at radius 1 is 1.64 bits per heavy atom. The van der Waals surface area contributed by atoms with E-state index in [-0.39, 0.29) is 5.91 Å². The smallest absolute Gasteiger partial charge is 0.259 e. The number of aryl methyl sites for hydroxylation is 1. The third kappa shape index (κ3) is 1.42. The zero-order valence-electron chi connectivity index (χ0n) is 7.60. The molecule has 0 aliphatic rings. The number of carbonyl (C=O) groups excluding carboxylic acids is 1. The molecule has 5 heteroatoms. The molecule has 0 aromatic carbocycles. The first-order chi connectivity index (χ1) is 6.68. The van der Waals surface area contributed by atoms with Gasteiger partial charge in [-0.25, -0.2) is 0 Å². The second kappa shape index (κ2) is 3.26. The Hall–Kier alpha value is -1.62. The zero-order valence-corrected chi connectivity index (χ0v) is 8.41. The van der Waals surface area contributed by atoms with Crippen molar-refractivity contribution in [3.63, 3.8) is 0 Å². The molecule has 0 unspecified atom stereocenters. The summed E-state index contributed by atoms with van der Waals surface area (Å²) in [6.45, 7) is 0. The highest BCUT2D eigenvalue weighted by molar-refractivity contribution is 7.12. The van der Waals surface area contributed by atoms with Crippen LogP contribution < -0.4 is 5.73 Å². The Balaban J connectivity index is 2.51. The van der Waals surface area contributed by atoms with Gasteiger partial charge in [-0.2, -0.15) is 5.10 Å². The predicted octanol–water partition coefficient (Wildman–Crippen LogP) is 1.25. The maximum Gasteiger partial charge on any atom is 0.259 e.